The van der Waals surface area contributed by atoms with Crippen molar-refractivity contribution in [3.8, 4) is 5.75 Å². The Morgan fingerprint density at radius 2 is 1.95 bits per heavy atom. The molecule has 0 aromatic heterocycles. The molecule has 5 nitrogen and oxygen atoms in total. The van der Waals surface area contributed by atoms with Gasteiger partial charge in [-0.25, -0.2) is 17.2 Å². The Kier molecular flexibility index (Phi) is 4.38. The molecule has 0 bridgehead atoms. The van der Waals surface area contributed by atoms with Gasteiger partial charge in [-0.05, 0) is 0 Å². The number of anilines is 1. The second kappa shape index (κ2) is 5.76. The van der Waals surface area contributed by atoms with Gasteiger partial charge < -0.3 is 9.64 Å². The molecule has 1 fully saturated rings. The predicted molar refractivity (Wildman–Crippen MR) is 73.0 cm³/mol. The van der Waals surface area contributed by atoms with Crippen LogP contribution >= 0.6 is 10.7 Å². The van der Waals surface area contributed by atoms with Gasteiger partial charge >= 0.3 is 0 Å². The molecule has 21 heavy (non-hydrogen) atoms. The topological polar surface area (TPSA) is 63.7 Å². The number of amides is 1. The zero-order valence-electron chi connectivity index (χ0n) is 11.0. The summed E-state index contributed by atoms with van der Waals surface area (Å²) in [5.74, 6) is -3.48. The first-order valence-corrected chi connectivity index (χ1v) is 8.45. The van der Waals surface area contributed by atoms with E-state index in [9.17, 15) is 22.0 Å². The molecule has 116 valence electrons. The van der Waals surface area contributed by atoms with E-state index in [0.29, 0.717) is 0 Å². The zero-order valence-corrected chi connectivity index (χ0v) is 12.5. The Morgan fingerprint density at radius 3 is 2.43 bits per heavy atom. The van der Waals surface area contributed by atoms with Gasteiger partial charge in [0, 0.05) is 41.7 Å². The smallest absolute Gasteiger partial charge is 0.232 e. The van der Waals surface area contributed by atoms with Crippen molar-refractivity contribution >= 4 is 31.3 Å². The van der Waals surface area contributed by atoms with Gasteiger partial charge in [-0.3, -0.25) is 4.79 Å². The lowest BCUT2D eigenvalue weighted by atomic mass is 10.1. The average Bonchev–Trinajstić information content (AvgIpc) is 2.66. The quantitative estimate of drug-likeness (QED) is 0.786. The van der Waals surface area contributed by atoms with Gasteiger partial charge in [-0.2, -0.15) is 0 Å². The van der Waals surface area contributed by atoms with Gasteiger partial charge in [-0.15, -0.1) is 0 Å². The van der Waals surface area contributed by atoms with Gasteiger partial charge in [0.15, 0.2) is 11.6 Å². The molecule has 2 rings (SSSR count). The van der Waals surface area contributed by atoms with Crippen LogP contribution in [0.1, 0.15) is 6.42 Å². The molecule has 1 aromatic rings. The summed E-state index contributed by atoms with van der Waals surface area (Å²) in [6.07, 6.45) is -0.128. The number of methoxy groups -OCH3 is 1. The molecule has 1 saturated heterocycles. The SMILES string of the molecule is COc1cc(F)c(N2CC(CS(=O)(=O)Cl)CC2=O)c(F)c1. The number of nitrogens with zero attached hydrogens (tertiary/aromatic N) is 1. The van der Waals surface area contributed by atoms with Crippen LogP contribution in [-0.4, -0.2) is 33.7 Å². The molecule has 0 radical (unpaired) electrons. The second-order valence-electron chi connectivity index (χ2n) is 4.72. The van der Waals surface area contributed by atoms with Crippen LogP contribution in [-0.2, 0) is 13.8 Å². The van der Waals surface area contributed by atoms with Crippen molar-refractivity contribution in [1.29, 1.82) is 0 Å². The van der Waals surface area contributed by atoms with E-state index in [2.05, 4.69) is 0 Å². The molecule has 1 aliphatic rings. The Morgan fingerprint density at radius 1 is 1.38 bits per heavy atom. The van der Waals surface area contributed by atoms with E-state index in [4.69, 9.17) is 15.4 Å². The molecule has 1 aliphatic heterocycles. The maximum atomic E-state index is 13.9. The van der Waals surface area contributed by atoms with Gasteiger partial charge in [0.25, 0.3) is 0 Å². The summed E-state index contributed by atoms with van der Waals surface area (Å²) in [6.45, 7) is -0.106. The van der Waals surface area contributed by atoms with Crippen molar-refractivity contribution in [2.45, 2.75) is 6.42 Å². The minimum atomic E-state index is -3.78. The Hall–Kier alpha value is -1.41. The van der Waals surface area contributed by atoms with E-state index < -0.39 is 44.0 Å². The fourth-order valence-corrected chi connectivity index (χ4v) is 3.63. The minimum absolute atomic E-state index is 0.0136. The lowest BCUT2D eigenvalue weighted by molar-refractivity contribution is -0.117. The number of ether oxygens (including phenoxy) is 1. The molecular formula is C12H12ClF2NO4S. The summed E-state index contributed by atoms with van der Waals surface area (Å²) in [4.78, 5) is 12.8. The van der Waals surface area contributed by atoms with E-state index in [0.717, 1.165) is 17.0 Å². The Labute approximate surface area is 124 Å². The molecule has 1 aromatic carbocycles. The highest BCUT2D eigenvalue weighted by Crippen LogP contribution is 2.33. The average molecular weight is 340 g/mol. The van der Waals surface area contributed by atoms with Crippen LogP contribution in [0.4, 0.5) is 14.5 Å². The molecular weight excluding hydrogens is 328 g/mol. The monoisotopic (exact) mass is 339 g/mol. The summed E-state index contributed by atoms with van der Waals surface area (Å²) < 4.78 is 54.6. The number of hydrogen-bond acceptors (Lipinski definition) is 4. The van der Waals surface area contributed by atoms with Gasteiger partial charge in [0.1, 0.15) is 11.4 Å². The second-order valence-corrected chi connectivity index (χ2v) is 7.54. The molecule has 9 heteroatoms. The number of carbonyl (C=O) groups is 1. The highest BCUT2D eigenvalue weighted by atomic mass is 35.7. The largest absolute Gasteiger partial charge is 0.497 e. The Bertz CT molecular complexity index is 657. The zero-order chi connectivity index (χ0) is 15.8. The summed E-state index contributed by atoms with van der Waals surface area (Å²) in [5.41, 5.74) is -0.504. The lowest BCUT2D eigenvalue weighted by Crippen LogP contribution is -2.27. The van der Waals surface area contributed by atoms with Crippen LogP contribution in [0.2, 0.25) is 0 Å². The number of hydrogen-bond donors (Lipinski definition) is 0. The summed E-state index contributed by atoms with van der Waals surface area (Å²) >= 11 is 0. The van der Waals surface area contributed by atoms with Crippen molar-refractivity contribution in [3.05, 3.63) is 23.8 Å². The first kappa shape index (κ1) is 16.0. The fourth-order valence-electron chi connectivity index (χ4n) is 2.31. The van der Waals surface area contributed by atoms with E-state index in [-0.39, 0.29) is 18.7 Å². The van der Waals surface area contributed by atoms with E-state index in [1.807, 2.05) is 0 Å². The highest BCUT2D eigenvalue weighted by molar-refractivity contribution is 8.13. The maximum absolute atomic E-state index is 13.9. The lowest BCUT2D eigenvalue weighted by Gasteiger charge is -2.18. The first-order chi connectivity index (χ1) is 9.71. The number of benzene rings is 1. The minimum Gasteiger partial charge on any atom is -0.497 e. The predicted octanol–water partition coefficient (Wildman–Crippen LogP) is 1.89. The fraction of sp³-hybridized carbons (Fsp3) is 0.417. The van der Waals surface area contributed by atoms with Crippen LogP contribution in [0.25, 0.3) is 0 Å². The standard InChI is InChI=1S/C12H12ClF2NO4S/c1-20-8-3-9(14)12(10(15)4-8)16-5-7(2-11(16)17)6-21(13,18)19/h3-4,7H,2,5-6H2,1H3. The van der Waals surface area contributed by atoms with E-state index >= 15 is 0 Å². The molecule has 1 heterocycles. The molecule has 0 spiro atoms. The van der Waals surface area contributed by atoms with Crippen LogP contribution in [0.5, 0.6) is 5.75 Å². The van der Waals surface area contributed by atoms with Crippen LogP contribution in [0.15, 0.2) is 12.1 Å². The summed E-state index contributed by atoms with van der Waals surface area (Å²) in [5, 5.41) is 0. The Balaban J connectivity index is 2.29. The molecule has 1 unspecified atom stereocenters. The third kappa shape index (κ3) is 3.62. The van der Waals surface area contributed by atoms with Crippen LogP contribution in [0.3, 0.4) is 0 Å². The van der Waals surface area contributed by atoms with Crippen molar-refractivity contribution < 1.29 is 26.7 Å². The number of rotatable bonds is 4. The molecule has 1 amide bonds. The van der Waals surface area contributed by atoms with Gasteiger partial charge in [0.2, 0.25) is 15.0 Å². The normalized spacial score (nSPS) is 19.1. The van der Waals surface area contributed by atoms with Crippen molar-refractivity contribution in [1.82, 2.24) is 0 Å². The molecule has 0 saturated carbocycles. The maximum Gasteiger partial charge on any atom is 0.232 e. The first-order valence-electron chi connectivity index (χ1n) is 5.97. The van der Waals surface area contributed by atoms with Crippen molar-refractivity contribution in [2.24, 2.45) is 5.92 Å². The molecule has 0 aliphatic carbocycles. The van der Waals surface area contributed by atoms with Crippen LogP contribution < -0.4 is 9.64 Å². The third-order valence-corrected chi connectivity index (χ3v) is 4.38. The van der Waals surface area contributed by atoms with Crippen molar-refractivity contribution in [2.75, 3.05) is 24.3 Å². The number of halogens is 3. The third-order valence-electron chi connectivity index (χ3n) is 3.14. The van der Waals surface area contributed by atoms with E-state index in [1.165, 1.54) is 7.11 Å². The van der Waals surface area contributed by atoms with E-state index in [1.54, 1.807) is 0 Å². The summed E-state index contributed by atoms with van der Waals surface area (Å²) in [7, 11) is 2.61. The van der Waals surface area contributed by atoms with Crippen LogP contribution in [0, 0.1) is 17.6 Å². The summed E-state index contributed by atoms with van der Waals surface area (Å²) in [6, 6.07) is 1.91. The highest BCUT2D eigenvalue weighted by Gasteiger charge is 2.36. The molecule has 0 N–H and O–H groups in total. The van der Waals surface area contributed by atoms with Crippen molar-refractivity contribution in [3.63, 3.8) is 0 Å². The van der Waals surface area contributed by atoms with Gasteiger partial charge in [0.05, 0.1) is 12.9 Å². The molecule has 1 atom stereocenters. The number of carbonyl (C=O) groups excluding carboxylic acids is 1. The van der Waals surface area contributed by atoms with Gasteiger partial charge in [-0.1, -0.05) is 0 Å².